The van der Waals surface area contributed by atoms with Gasteiger partial charge in [0.05, 0.1) is 17.3 Å². The molecule has 1 rings (SSSR count). The van der Waals surface area contributed by atoms with Crippen molar-refractivity contribution >= 4 is 17.3 Å². The molecule has 0 aliphatic carbocycles. The van der Waals surface area contributed by atoms with Crippen molar-refractivity contribution in [2.75, 3.05) is 25.2 Å². The predicted molar refractivity (Wildman–Crippen MR) is 83.2 cm³/mol. The summed E-state index contributed by atoms with van der Waals surface area (Å²) in [6.45, 7) is 7.84. The van der Waals surface area contributed by atoms with Crippen LogP contribution in [0.3, 0.4) is 0 Å². The fraction of sp³-hybridized carbons (Fsp3) is 0.600. The first-order chi connectivity index (χ1) is 8.97. The van der Waals surface area contributed by atoms with Gasteiger partial charge < -0.3 is 15.4 Å². The average molecular weight is 285 g/mol. The molecule has 1 aromatic rings. The van der Waals surface area contributed by atoms with Crippen LogP contribution in [0.1, 0.15) is 26.3 Å². The number of benzene rings is 1. The Balaban J connectivity index is 3.12. The van der Waals surface area contributed by atoms with E-state index in [1.54, 1.807) is 7.11 Å². The zero-order valence-electron chi connectivity index (χ0n) is 12.3. The van der Waals surface area contributed by atoms with Gasteiger partial charge in [-0.05, 0) is 38.8 Å². The van der Waals surface area contributed by atoms with Gasteiger partial charge in [0, 0.05) is 25.7 Å². The van der Waals surface area contributed by atoms with Crippen LogP contribution < -0.4 is 10.6 Å². The topological polar surface area (TPSA) is 38.5 Å². The highest BCUT2D eigenvalue weighted by molar-refractivity contribution is 6.33. The minimum absolute atomic E-state index is 0.119. The fourth-order valence-corrected chi connectivity index (χ4v) is 2.51. The summed E-state index contributed by atoms with van der Waals surface area (Å²) in [5, 5.41) is 0.781. The number of halogens is 1. The van der Waals surface area contributed by atoms with Crippen LogP contribution in [0.5, 0.6) is 0 Å². The molecule has 3 nitrogen and oxygen atoms in total. The molecule has 0 amide bonds. The number of anilines is 1. The van der Waals surface area contributed by atoms with Crippen molar-refractivity contribution in [1.29, 1.82) is 0 Å². The average Bonchev–Trinajstić information content (AvgIpc) is 2.31. The molecule has 0 aromatic heterocycles. The first kappa shape index (κ1) is 16.3. The maximum Gasteiger partial charge on any atom is 0.0642 e. The summed E-state index contributed by atoms with van der Waals surface area (Å²) < 4.78 is 5.20. The van der Waals surface area contributed by atoms with Crippen LogP contribution in [-0.2, 0) is 11.2 Å². The van der Waals surface area contributed by atoms with Gasteiger partial charge in [-0.15, -0.1) is 0 Å². The van der Waals surface area contributed by atoms with Gasteiger partial charge in [-0.2, -0.15) is 0 Å². The normalized spacial score (nSPS) is 12.8. The number of hydrogen-bond acceptors (Lipinski definition) is 3. The second kappa shape index (κ2) is 7.73. The van der Waals surface area contributed by atoms with Crippen molar-refractivity contribution in [3.8, 4) is 0 Å². The van der Waals surface area contributed by atoms with Gasteiger partial charge in [-0.3, -0.25) is 0 Å². The number of para-hydroxylation sites is 1. The molecule has 0 aliphatic heterocycles. The van der Waals surface area contributed by atoms with E-state index in [0.29, 0.717) is 12.6 Å². The van der Waals surface area contributed by atoms with Gasteiger partial charge in [0.2, 0.25) is 0 Å². The quantitative estimate of drug-likeness (QED) is 0.836. The molecule has 1 unspecified atom stereocenters. The second-order valence-electron chi connectivity index (χ2n) is 5.21. The van der Waals surface area contributed by atoms with Gasteiger partial charge >= 0.3 is 0 Å². The summed E-state index contributed by atoms with van der Waals surface area (Å²) in [5.74, 6) is 0. The lowest BCUT2D eigenvalue weighted by Crippen LogP contribution is -2.35. The van der Waals surface area contributed by atoms with Crippen molar-refractivity contribution in [1.82, 2.24) is 0 Å². The van der Waals surface area contributed by atoms with Gasteiger partial charge in [-0.25, -0.2) is 0 Å². The molecule has 2 N–H and O–H groups in total. The SMILES string of the molecule is COCCN(c1c(Cl)cccc1CC(C)N)C(C)C. The summed E-state index contributed by atoms with van der Waals surface area (Å²) in [7, 11) is 1.72. The molecule has 0 fully saturated rings. The van der Waals surface area contributed by atoms with E-state index in [4.69, 9.17) is 22.1 Å². The number of nitrogens with zero attached hydrogens (tertiary/aromatic N) is 1. The smallest absolute Gasteiger partial charge is 0.0642 e. The van der Waals surface area contributed by atoms with Crippen LogP contribution >= 0.6 is 11.6 Å². The predicted octanol–water partition coefficient (Wildman–Crippen LogP) is 3.09. The summed E-state index contributed by atoms with van der Waals surface area (Å²) in [6, 6.07) is 6.50. The van der Waals surface area contributed by atoms with Gasteiger partial charge in [-0.1, -0.05) is 23.7 Å². The summed E-state index contributed by atoms with van der Waals surface area (Å²) in [6.07, 6.45) is 0.825. The van der Waals surface area contributed by atoms with Crippen molar-refractivity contribution in [2.24, 2.45) is 5.73 Å². The van der Waals surface area contributed by atoms with E-state index in [-0.39, 0.29) is 6.04 Å². The van der Waals surface area contributed by atoms with E-state index in [0.717, 1.165) is 23.7 Å². The highest BCUT2D eigenvalue weighted by Crippen LogP contribution is 2.32. The number of rotatable bonds is 7. The first-order valence-corrected chi connectivity index (χ1v) is 7.13. The molecule has 0 saturated carbocycles. The van der Waals surface area contributed by atoms with Crippen molar-refractivity contribution < 1.29 is 4.74 Å². The van der Waals surface area contributed by atoms with Gasteiger partial charge in [0.15, 0.2) is 0 Å². The molecular weight excluding hydrogens is 260 g/mol. The Labute approximate surface area is 121 Å². The molecule has 1 aromatic carbocycles. The Morgan fingerprint density at radius 1 is 1.32 bits per heavy atom. The summed E-state index contributed by atoms with van der Waals surface area (Å²) in [4.78, 5) is 2.28. The van der Waals surface area contributed by atoms with E-state index >= 15 is 0 Å². The minimum atomic E-state index is 0.119. The Kier molecular flexibility index (Phi) is 6.63. The Morgan fingerprint density at radius 2 is 2.00 bits per heavy atom. The Morgan fingerprint density at radius 3 is 2.53 bits per heavy atom. The Bertz CT molecular complexity index is 394. The summed E-state index contributed by atoms with van der Waals surface area (Å²) >= 11 is 6.41. The maximum atomic E-state index is 6.41. The number of ether oxygens (including phenoxy) is 1. The van der Waals surface area contributed by atoms with Crippen molar-refractivity contribution in [3.63, 3.8) is 0 Å². The summed E-state index contributed by atoms with van der Waals surface area (Å²) in [5.41, 5.74) is 8.23. The molecule has 0 heterocycles. The number of hydrogen-bond donors (Lipinski definition) is 1. The minimum Gasteiger partial charge on any atom is -0.383 e. The molecule has 0 aliphatic rings. The van der Waals surface area contributed by atoms with Gasteiger partial charge in [0.1, 0.15) is 0 Å². The number of methoxy groups -OCH3 is 1. The van der Waals surface area contributed by atoms with Crippen LogP contribution in [0.25, 0.3) is 0 Å². The van der Waals surface area contributed by atoms with Crippen LogP contribution in [-0.4, -0.2) is 32.3 Å². The molecule has 108 valence electrons. The lowest BCUT2D eigenvalue weighted by atomic mass is 10.0. The van der Waals surface area contributed by atoms with Gasteiger partial charge in [0.25, 0.3) is 0 Å². The van der Waals surface area contributed by atoms with E-state index in [9.17, 15) is 0 Å². The number of nitrogens with two attached hydrogens (primary N) is 1. The lowest BCUT2D eigenvalue weighted by molar-refractivity contribution is 0.204. The zero-order chi connectivity index (χ0) is 14.4. The largest absolute Gasteiger partial charge is 0.383 e. The fourth-order valence-electron chi connectivity index (χ4n) is 2.21. The zero-order valence-corrected chi connectivity index (χ0v) is 13.1. The third-order valence-corrected chi connectivity index (χ3v) is 3.36. The second-order valence-corrected chi connectivity index (χ2v) is 5.62. The molecule has 19 heavy (non-hydrogen) atoms. The van der Waals surface area contributed by atoms with E-state index in [1.165, 1.54) is 5.56 Å². The lowest BCUT2D eigenvalue weighted by Gasteiger charge is -2.32. The van der Waals surface area contributed by atoms with Crippen molar-refractivity contribution in [2.45, 2.75) is 39.3 Å². The standard InChI is InChI=1S/C15H25ClN2O/c1-11(2)18(8-9-19-4)15-13(10-12(3)17)6-5-7-14(15)16/h5-7,11-12H,8-10,17H2,1-4H3. The van der Waals surface area contributed by atoms with Crippen LogP contribution in [0.4, 0.5) is 5.69 Å². The third kappa shape index (κ3) is 4.68. The highest BCUT2D eigenvalue weighted by atomic mass is 35.5. The molecular formula is C15H25ClN2O. The molecule has 0 radical (unpaired) electrons. The molecule has 0 spiro atoms. The van der Waals surface area contributed by atoms with Crippen molar-refractivity contribution in [3.05, 3.63) is 28.8 Å². The van der Waals surface area contributed by atoms with Crippen LogP contribution in [0.15, 0.2) is 18.2 Å². The Hall–Kier alpha value is -0.770. The molecule has 4 heteroatoms. The van der Waals surface area contributed by atoms with E-state index < -0.39 is 0 Å². The monoisotopic (exact) mass is 284 g/mol. The maximum absolute atomic E-state index is 6.41. The first-order valence-electron chi connectivity index (χ1n) is 6.76. The van der Waals surface area contributed by atoms with Crippen LogP contribution in [0.2, 0.25) is 5.02 Å². The molecule has 1 atom stereocenters. The van der Waals surface area contributed by atoms with E-state index in [2.05, 4.69) is 24.8 Å². The van der Waals surface area contributed by atoms with E-state index in [1.807, 2.05) is 19.1 Å². The highest BCUT2D eigenvalue weighted by Gasteiger charge is 2.18. The third-order valence-electron chi connectivity index (χ3n) is 3.06. The molecule has 0 saturated heterocycles. The molecule has 0 bridgehead atoms. The van der Waals surface area contributed by atoms with Crippen LogP contribution in [0, 0.1) is 0 Å².